The molecule has 0 aliphatic heterocycles. The zero-order valence-corrected chi connectivity index (χ0v) is 13.3. The van der Waals surface area contributed by atoms with Gasteiger partial charge >= 0.3 is 0 Å². The minimum atomic E-state index is -0.658. The number of rotatable bonds is 5. The Kier molecular flexibility index (Phi) is 4.96. The SMILES string of the molecule is O[C@@H](c1ccccc1)[C@H](Nc1ccc(Cl)cc1)c1ccccc1. The highest BCUT2D eigenvalue weighted by molar-refractivity contribution is 6.30. The molecule has 0 bridgehead atoms. The van der Waals surface area contributed by atoms with E-state index in [4.69, 9.17) is 11.6 Å². The third kappa shape index (κ3) is 3.92. The molecule has 2 nitrogen and oxygen atoms in total. The van der Waals surface area contributed by atoms with E-state index in [1.54, 1.807) is 0 Å². The van der Waals surface area contributed by atoms with Crippen molar-refractivity contribution in [3.63, 3.8) is 0 Å². The molecule has 0 aromatic heterocycles. The van der Waals surface area contributed by atoms with Gasteiger partial charge < -0.3 is 10.4 Å². The Morgan fingerprint density at radius 1 is 0.696 bits per heavy atom. The lowest BCUT2D eigenvalue weighted by molar-refractivity contribution is 0.155. The van der Waals surface area contributed by atoms with Crippen LogP contribution in [0.1, 0.15) is 23.3 Å². The summed E-state index contributed by atoms with van der Waals surface area (Å²) in [4.78, 5) is 0. The molecule has 0 fully saturated rings. The van der Waals surface area contributed by atoms with Crippen LogP contribution in [-0.4, -0.2) is 5.11 Å². The number of hydrogen-bond acceptors (Lipinski definition) is 2. The summed E-state index contributed by atoms with van der Waals surface area (Å²) in [5.74, 6) is 0. The molecule has 0 saturated carbocycles. The number of nitrogens with one attached hydrogen (secondary N) is 1. The van der Waals surface area contributed by atoms with Gasteiger partial charge in [0.1, 0.15) is 6.10 Å². The normalized spacial score (nSPS) is 13.3. The average molecular weight is 324 g/mol. The Hall–Kier alpha value is -2.29. The molecule has 0 amide bonds. The highest BCUT2D eigenvalue weighted by Gasteiger charge is 2.22. The Morgan fingerprint density at radius 3 is 1.78 bits per heavy atom. The van der Waals surface area contributed by atoms with Gasteiger partial charge in [-0.25, -0.2) is 0 Å². The summed E-state index contributed by atoms with van der Waals surface area (Å²) in [6, 6.07) is 26.9. The van der Waals surface area contributed by atoms with Crippen molar-refractivity contribution >= 4 is 17.3 Å². The van der Waals surface area contributed by atoms with Crippen molar-refractivity contribution in [1.29, 1.82) is 0 Å². The quantitative estimate of drug-likeness (QED) is 0.674. The molecule has 0 unspecified atom stereocenters. The van der Waals surface area contributed by atoms with Crippen LogP contribution in [0.4, 0.5) is 5.69 Å². The van der Waals surface area contributed by atoms with Crippen LogP contribution in [0.15, 0.2) is 84.9 Å². The number of benzene rings is 3. The van der Waals surface area contributed by atoms with Gasteiger partial charge in [-0.15, -0.1) is 0 Å². The fourth-order valence-corrected chi connectivity index (χ4v) is 2.70. The highest BCUT2D eigenvalue weighted by atomic mass is 35.5. The number of hydrogen-bond donors (Lipinski definition) is 2. The first-order valence-electron chi connectivity index (χ1n) is 7.54. The molecule has 3 aromatic rings. The lowest BCUT2D eigenvalue weighted by Crippen LogP contribution is -2.19. The first kappa shape index (κ1) is 15.6. The van der Waals surface area contributed by atoms with Crippen molar-refractivity contribution in [2.24, 2.45) is 0 Å². The summed E-state index contributed by atoms with van der Waals surface area (Å²) >= 11 is 5.95. The Labute approximate surface area is 141 Å². The van der Waals surface area contributed by atoms with Gasteiger partial charge in [-0.1, -0.05) is 72.3 Å². The van der Waals surface area contributed by atoms with Gasteiger partial charge in [0.2, 0.25) is 0 Å². The summed E-state index contributed by atoms with van der Waals surface area (Å²) < 4.78 is 0. The molecule has 2 atom stereocenters. The van der Waals surface area contributed by atoms with Gasteiger partial charge in [-0.2, -0.15) is 0 Å². The van der Waals surface area contributed by atoms with Crippen LogP contribution in [0.3, 0.4) is 0 Å². The Bertz CT molecular complexity index is 729. The van der Waals surface area contributed by atoms with E-state index in [0.717, 1.165) is 16.8 Å². The monoisotopic (exact) mass is 323 g/mol. The topological polar surface area (TPSA) is 32.3 Å². The van der Waals surface area contributed by atoms with Gasteiger partial charge in [0.05, 0.1) is 6.04 Å². The summed E-state index contributed by atoms with van der Waals surface area (Å²) in [6.07, 6.45) is -0.658. The predicted octanol–water partition coefficient (Wildman–Crippen LogP) is 5.23. The summed E-state index contributed by atoms with van der Waals surface area (Å²) in [5.41, 5.74) is 2.82. The molecule has 0 aliphatic rings. The van der Waals surface area contributed by atoms with Crippen molar-refractivity contribution < 1.29 is 5.11 Å². The van der Waals surface area contributed by atoms with Crippen LogP contribution in [0.25, 0.3) is 0 Å². The van der Waals surface area contributed by atoms with Gasteiger partial charge in [0.25, 0.3) is 0 Å². The van der Waals surface area contributed by atoms with E-state index in [-0.39, 0.29) is 6.04 Å². The van der Waals surface area contributed by atoms with Gasteiger partial charge in [-0.3, -0.25) is 0 Å². The fraction of sp³-hybridized carbons (Fsp3) is 0.100. The minimum absolute atomic E-state index is 0.250. The number of halogens is 1. The van der Waals surface area contributed by atoms with Crippen LogP contribution in [0.5, 0.6) is 0 Å². The van der Waals surface area contributed by atoms with E-state index in [2.05, 4.69) is 5.32 Å². The third-order valence-corrected chi connectivity index (χ3v) is 4.03. The second kappa shape index (κ2) is 7.32. The standard InChI is InChI=1S/C20H18ClNO/c21-17-11-13-18(14-12-17)22-19(15-7-3-1-4-8-15)20(23)16-9-5-2-6-10-16/h1-14,19-20,22-23H/t19-,20+/m1/s1. The van der Waals surface area contributed by atoms with Crippen molar-refractivity contribution in [2.45, 2.75) is 12.1 Å². The van der Waals surface area contributed by atoms with Crippen LogP contribution < -0.4 is 5.32 Å². The molecule has 3 aromatic carbocycles. The van der Waals surface area contributed by atoms with Gasteiger partial charge in [0.15, 0.2) is 0 Å². The second-order valence-corrected chi connectivity index (χ2v) is 5.83. The molecule has 0 aliphatic carbocycles. The number of anilines is 1. The molecular weight excluding hydrogens is 306 g/mol. The summed E-state index contributed by atoms with van der Waals surface area (Å²) in [7, 11) is 0. The number of aliphatic hydroxyl groups is 1. The molecule has 0 saturated heterocycles. The van der Waals surface area contributed by atoms with Crippen LogP contribution in [-0.2, 0) is 0 Å². The highest BCUT2D eigenvalue weighted by Crippen LogP contribution is 2.32. The van der Waals surface area contributed by atoms with Crippen molar-refractivity contribution in [3.8, 4) is 0 Å². The van der Waals surface area contributed by atoms with E-state index in [0.29, 0.717) is 5.02 Å². The molecule has 116 valence electrons. The van der Waals surface area contributed by atoms with Crippen molar-refractivity contribution in [2.75, 3.05) is 5.32 Å². The van der Waals surface area contributed by atoms with Crippen LogP contribution in [0.2, 0.25) is 5.02 Å². The number of aliphatic hydroxyl groups excluding tert-OH is 1. The second-order valence-electron chi connectivity index (χ2n) is 5.40. The van der Waals surface area contributed by atoms with Crippen LogP contribution >= 0.6 is 11.6 Å². The van der Waals surface area contributed by atoms with Crippen molar-refractivity contribution in [1.82, 2.24) is 0 Å². The van der Waals surface area contributed by atoms with E-state index in [1.807, 2.05) is 84.9 Å². The van der Waals surface area contributed by atoms with E-state index < -0.39 is 6.10 Å². The van der Waals surface area contributed by atoms with Crippen molar-refractivity contribution in [3.05, 3.63) is 101 Å². The lowest BCUT2D eigenvalue weighted by atomic mass is 9.95. The summed E-state index contributed by atoms with van der Waals surface area (Å²) in [5, 5.41) is 15.0. The van der Waals surface area contributed by atoms with Crippen LogP contribution in [0, 0.1) is 0 Å². The summed E-state index contributed by atoms with van der Waals surface area (Å²) in [6.45, 7) is 0. The Balaban J connectivity index is 1.92. The third-order valence-electron chi connectivity index (χ3n) is 3.78. The van der Waals surface area contributed by atoms with E-state index in [1.165, 1.54) is 0 Å². The smallest absolute Gasteiger partial charge is 0.103 e. The lowest BCUT2D eigenvalue weighted by Gasteiger charge is -2.26. The molecule has 3 heteroatoms. The zero-order chi connectivity index (χ0) is 16.1. The van der Waals surface area contributed by atoms with Gasteiger partial charge in [0, 0.05) is 10.7 Å². The molecule has 2 N–H and O–H groups in total. The average Bonchev–Trinajstić information content (AvgIpc) is 2.62. The Morgan fingerprint density at radius 2 is 1.22 bits per heavy atom. The maximum absolute atomic E-state index is 10.9. The molecule has 0 heterocycles. The zero-order valence-electron chi connectivity index (χ0n) is 12.6. The largest absolute Gasteiger partial charge is 0.386 e. The first-order valence-corrected chi connectivity index (χ1v) is 7.92. The minimum Gasteiger partial charge on any atom is -0.386 e. The maximum atomic E-state index is 10.9. The molecule has 0 spiro atoms. The first-order chi connectivity index (χ1) is 11.2. The fourth-order valence-electron chi connectivity index (χ4n) is 2.57. The molecular formula is C20H18ClNO. The molecule has 23 heavy (non-hydrogen) atoms. The predicted molar refractivity (Wildman–Crippen MR) is 95.7 cm³/mol. The molecule has 0 radical (unpaired) electrons. The van der Waals surface area contributed by atoms with Gasteiger partial charge in [-0.05, 0) is 35.4 Å². The van der Waals surface area contributed by atoms with E-state index in [9.17, 15) is 5.11 Å². The molecule has 3 rings (SSSR count). The maximum Gasteiger partial charge on any atom is 0.103 e. The van der Waals surface area contributed by atoms with E-state index >= 15 is 0 Å².